The maximum absolute atomic E-state index is 12.1. The molecule has 2 rings (SSSR count). The SMILES string of the molecule is C[C@@H](OC(=O)CCC(=O)c1ccc(Cl)cc1)C(=O)Nc1ccccc1[N+](=O)[O-]. The summed E-state index contributed by atoms with van der Waals surface area (Å²) in [6.45, 7) is 1.34. The number of halogens is 1. The quantitative estimate of drug-likeness (QED) is 0.310. The van der Waals surface area contributed by atoms with Crippen molar-refractivity contribution in [2.75, 3.05) is 5.32 Å². The average Bonchev–Trinajstić information content (AvgIpc) is 2.66. The van der Waals surface area contributed by atoms with Crippen molar-refractivity contribution in [1.29, 1.82) is 0 Å². The average molecular weight is 405 g/mol. The number of benzene rings is 2. The van der Waals surface area contributed by atoms with Gasteiger partial charge < -0.3 is 10.1 Å². The highest BCUT2D eigenvalue weighted by atomic mass is 35.5. The zero-order chi connectivity index (χ0) is 20.7. The molecule has 0 heterocycles. The number of hydrogen-bond donors (Lipinski definition) is 1. The fraction of sp³-hybridized carbons (Fsp3) is 0.211. The first-order chi connectivity index (χ1) is 13.3. The first kappa shape index (κ1) is 21.0. The summed E-state index contributed by atoms with van der Waals surface area (Å²) < 4.78 is 5.00. The molecule has 0 aliphatic carbocycles. The number of carbonyl (C=O) groups excluding carboxylic acids is 3. The lowest BCUT2D eigenvalue weighted by atomic mass is 10.1. The van der Waals surface area contributed by atoms with Crippen LogP contribution in [0.5, 0.6) is 0 Å². The number of ether oxygens (including phenoxy) is 1. The van der Waals surface area contributed by atoms with Gasteiger partial charge in [-0.1, -0.05) is 23.7 Å². The summed E-state index contributed by atoms with van der Waals surface area (Å²) in [7, 11) is 0. The van der Waals surface area contributed by atoms with Crippen molar-refractivity contribution >= 4 is 40.6 Å². The van der Waals surface area contributed by atoms with E-state index in [9.17, 15) is 24.5 Å². The van der Waals surface area contributed by atoms with Crippen molar-refractivity contribution < 1.29 is 24.0 Å². The van der Waals surface area contributed by atoms with Gasteiger partial charge in [0.05, 0.1) is 11.3 Å². The standard InChI is InChI=1S/C19H17ClN2O6/c1-12(19(25)21-15-4-2-3-5-16(15)22(26)27)28-18(24)11-10-17(23)13-6-8-14(20)9-7-13/h2-9,12H,10-11H2,1H3,(H,21,25)/t12-/m1/s1. The van der Waals surface area contributed by atoms with Crippen LogP contribution in [0.1, 0.15) is 30.1 Å². The van der Waals surface area contributed by atoms with E-state index in [0.29, 0.717) is 10.6 Å². The highest BCUT2D eigenvalue weighted by molar-refractivity contribution is 6.30. The number of nitrogens with one attached hydrogen (secondary N) is 1. The topological polar surface area (TPSA) is 116 Å². The molecule has 2 aromatic carbocycles. The molecule has 0 aliphatic heterocycles. The minimum atomic E-state index is -1.18. The molecule has 8 nitrogen and oxygen atoms in total. The molecule has 9 heteroatoms. The van der Waals surface area contributed by atoms with Gasteiger partial charge in [0, 0.05) is 23.1 Å². The number of carbonyl (C=O) groups is 3. The lowest BCUT2D eigenvalue weighted by Crippen LogP contribution is -2.30. The first-order valence-electron chi connectivity index (χ1n) is 8.30. The maximum atomic E-state index is 12.1. The van der Waals surface area contributed by atoms with Gasteiger partial charge in [-0.2, -0.15) is 0 Å². The van der Waals surface area contributed by atoms with E-state index in [0.717, 1.165) is 0 Å². The second-order valence-electron chi connectivity index (χ2n) is 5.83. The van der Waals surface area contributed by atoms with Crippen molar-refractivity contribution in [3.8, 4) is 0 Å². The Labute approximate surface area is 165 Å². The Kier molecular flexibility index (Phi) is 7.22. The zero-order valence-electron chi connectivity index (χ0n) is 14.9. The number of para-hydroxylation sites is 2. The number of ketones is 1. The summed E-state index contributed by atoms with van der Waals surface area (Å²) in [4.78, 5) is 46.4. The third-order valence-electron chi connectivity index (χ3n) is 3.76. The number of nitro benzene ring substituents is 1. The molecule has 1 atom stereocenters. The molecule has 2 aromatic rings. The number of anilines is 1. The summed E-state index contributed by atoms with van der Waals surface area (Å²) in [6.07, 6.45) is -1.47. The third kappa shape index (κ3) is 5.88. The summed E-state index contributed by atoms with van der Waals surface area (Å²) in [5, 5.41) is 13.8. The van der Waals surface area contributed by atoms with Gasteiger partial charge in [0.2, 0.25) is 0 Å². The monoisotopic (exact) mass is 404 g/mol. The predicted octanol–water partition coefficient (Wildman–Crippen LogP) is 3.78. The Morgan fingerprint density at radius 1 is 1.11 bits per heavy atom. The Bertz CT molecular complexity index is 898. The number of Topliss-reactive ketones (excluding diaryl/α,β-unsaturated/α-hetero) is 1. The van der Waals surface area contributed by atoms with Crippen molar-refractivity contribution in [3.05, 3.63) is 69.2 Å². The van der Waals surface area contributed by atoms with Crippen LogP contribution in [0.3, 0.4) is 0 Å². The largest absolute Gasteiger partial charge is 0.453 e. The molecule has 0 aromatic heterocycles. The molecule has 0 aliphatic rings. The van der Waals surface area contributed by atoms with Crippen LogP contribution in [0, 0.1) is 10.1 Å². The van der Waals surface area contributed by atoms with E-state index in [1.807, 2.05) is 0 Å². The minimum Gasteiger partial charge on any atom is -0.453 e. The fourth-order valence-electron chi connectivity index (χ4n) is 2.28. The summed E-state index contributed by atoms with van der Waals surface area (Å²) in [5.74, 6) is -1.70. The van der Waals surface area contributed by atoms with E-state index in [2.05, 4.69) is 5.32 Å². The van der Waals surface area contributed by atoms with E-state index >= 15 is 0 Å². The number of amides is 1. The van der Waals surface area contributed by atoms with Gasteiger partial charge in [-0.15, -0.1) is 0 Å². The molecule has 0 unspecified atom stereocenters. The van der Waals surface area contributed by atoms with E-state index in [4.69, 9.17) is 16.3 Å². The molecule has 0 radical (unpaired) electrons. The normalized spacial score (nSPS) is 11.4. The molecule has 0 spiro atoms. The van der Waals surface area contributed by atoms with Gasteiger partial charge >= 0.3 is 5.97 Å². The zero-order valence-corrected chi connectivity index (χ0v) is 15.6. The van der Waals surface area contributed by atoms with Gasteiger partial charge in [0.15, 0.2) is 11.9 Å². The van der Waals surface area contributed by atoms with Crippen LogP contribution in [0.4, 0.5) is 11.4 Å². The molecule has 0 fully saturated rings. The smallest absolute Gasteiger partial charge is 0.307 e. The number of nitrogens with zero attached hydrogens (tertiary/aromatic N) is 1. The lowest BCUT2D eigenvalue weighted by molar-refractivity contribution is -0.383. The number of nitro groups is 1. The molecular weight excluding hydrogens is 388 g/mol. The second kappa shape index (κ2) is 9.61. The highest BCUT2D eigenvalue weighted by Gasteiger charge is 2.22. The Balaban J connectivity index is 1.86. The van der Waals surface area contributed by atoms with E-state index < -0.39 is 22.9 Å². The molecule has 0 bridgehead atoms. The lowest BCUT2D eigenvalue weighted by Gasteiger charge is -2.13. The summed E-state index contributed by atoms with van der Waals surface area (Å²) in [6, 6.07) is 11.9. The molecular formula is C19H17ClN2O6. The third-order valence-corrected chi connectivity index (χ3v) is 4.01. The molecule has 1 amide bonds. The maximum Gasteiger partial charge on any atom is 0.307 e. The van der Waals surface area contributed by atoms with Gasteiger partial charge in [-0.3, -0.25) is 24.5 Å². The van der Waals surface area contributed by atoms with Crippen molar-refractivity contribution in [2.24, 2.45) is 0 Å². The van der Waals surface area contributed by atoms with Gasteiger partial charge in [-0.05, 0) is 37.3 Å². The van der Waals surface area contributed by atoms with Crippen LogP contribution in [0.15, 0.2) is 48.5 Å². The predicted molar refractivity (Wildman–Crippen MR) is 102 cm³/mol. The van der Waals surface area contributed by atoms with Crippen LogP contribution < -0.4 is 5.32 Å². The van der Waals surface area contributed by atoms with E-state index in [1.54, 1.807) is 24.3 Å². The van der Waals surface area contributed by atoms with Crippen molar-refractivity contribution in [2.45, 2.75) is 25.9 Å². The molecule has 0 saturated heterocycles. The summed E-state index contributed by atoms with van der Waals surface area (Å²) in [5.41, 5.74) is 0.139. The van der Waals surface area contributed by atoms with Crippen LogP contribution >= 0.6 is 11.6 Å². The fourth-order valence-corrected chi connectivity index (χ4v) is 2.40. The number of hydrogen-bond acceptors (Lipinski definition) is 6. The van der Waals surface area contributed by atoms with E-state index in [1.165, 1.54) is 31.2 Å². The van der Waals surface area contributed by atoms with Crippen LogP contribution in [-0.2, 0) is 14.3 Å². The molecule has 0 saturated carbocycles. The van der Waals surface area contributed by atoms with Crippen LogP contribution in [0.25, 0.3) is 0 Å². The van der Waals surface area contributed by atoms with Gasteiger partial charge in [0.25, 0.3) is 11.6 Å². The highest BCUT2D eigenvalue weighted by Crippen LogP contribution is 2.23. The Morgan fingerprint density at radius 2 is 1.75 bits per heavy atom. The van der Waals surface area contributed by atoms with E-state index in [-0.39, 0.29) is 30.0 Å². The Morgan fingerprint density at radius 3 is 2.39 bits per heavy atom. The molecule has 146 valence electrons. The summed E-state index contributed by atoms with van der Waals surface area (Å²) >= 11 is 5.76. The van der Waals surface area contributed by atoms with Gasteiger partial charge in [0.1, 0.15) is 5.69 Å². The van der Waals surface area contributed by atoms with Crippen LogP contribution in [0.2, 0.25) is 5.02 Å². The molecule has 1 N–H and O–H groups in total. The molecule has 28 heavy (non-hydrogen) atoms. The second-order valence-corrected chi connectivity index (χ2v) is 6.26. The van der Waals surface area contributed by atoms with Crippen LogP contribution in [-0.4, -0.2) is 28.7 Å². The number of esters is 1. The first-order valence-corrected chi connectivity index (χ1v) is 8.68. The minimum absolute atomic E-state index is 0.00156. The number of rotatable bonds is 8. The van der Waals surface area contributed by atoms with Gasteiger partial charge in [-0.25, -0.2) is 0 Å². The van der Waals surface area contributed by atoms with Crippen molar-refractivity contribution in [1.82, 2.24) is 0 Å². The Hall–Kier alpha value is -3.26. The van der Waals surface area contributed by atoms with Crippen molar-refractivity contribution in [3.63, 3.8) is 0 Å².